The maximum Gasteiger partial charge on any atom is 0.123 e. The molecule has 0 spiro atoms. The monoisotopic (exact) mass is 237 g/mol. The molecule has 1 fully saturated rings. The van der Waals surface area contributed by atoms with Gasteiger partial charge < -0.3 is 10.2 Å². The Kier molecular flexibility index (Phi) is 6.27. The summed E-state index contributed by atoms with van der Waals surface area (Å²) in [7, 11) is 1.90. The van der Waals surface area contributed by atoms with E-state index in [2.05, 4.69) is 42.1 Å². The fraction of sp³-hybridized carbons (Fsp3) is 0.786. The molecule has 17 heavy (non-hydrogen) atoms. The highest BCUT2D eigenvalue weighted by Crippen LogP contribution is 2.16. The Labute approximate surface area is 106 Å². The van der Waals surface area contributed by atoms with E-state index in [1.165, 1.54) is 18.4 Å². The quantitative estimate of drug-likeness (QED) is 0.600. The third-order valence-corrected chi connectivity index (χ3v) is 3.26. The molecule has 1 heterocycles. The van der Waals surface area contributed by atoms with Crippen LogP contribution in [0.15, 0.2) is 16.6 Å². The molecule has 1 rings (SSSR count). The lowest BCUT2D eigenvalue weighted by atomic mass is 9.98. The predicted octanol–water partition coefficient (Wildman–Crippen LogP) is 2.30. The summed E-state index contributed by atoms with van der Waals surface area (Å²) in [5.41, 5.74) is 1.52. The number of amidine groups is 1. The van der Waals surface area contributed by atoms with Crippen LogP contribution in [0.5, 0.6) is 0 Å². The van der Waals surface area contributed by atoms with Crippen LogP contribution in [-0.4, -0.2) is 44.0 Å². The number of nitrogens with one attached hydrogen (secondary N) is 1. The highest BCUT2D eigenvalue weighted by atomic mass is 15.2. The zero-order valence-corrected chi connectivity index (χ0v) is 11.8. The Hall–Kier alpha value is -0.830. The van der Waals surface area contributed by atoms with E-state index in [1.807, 2.05) is 7.05 Å². The number of aliphatic imine (C=N–C) groups is 1. The summed E-state index contributed by atoms with van der Waals surface area (Å²) in [5, 5.41) is 3.38. The van der Waals surface area contributed by atoms with Crippen LogP contribution in [0.4, 0.5) is 0 Å². The molecule has 1 saturated heterocycles. The molecule has 0 amide bonds. The van der Waals surface area contributed by atoms with Gasteiger partial charge in [0.15, 0.2) is 0 Å². The van der Waals surface area contributed by atoms with Gasteiger partial charge in [-0.15, -0.1) is 0 Å². The summed E-state index contributed by atoms with van der Waals surface area (Å²) in [6.45, 7) is 11.1. The molecule has 0 atom stereocenters. The van der Waals surface area contributed by atoms with Crippen LogP contribution in [0, 0.1) is 5.92 Å². The van der Waals surface area contributed by atoms with Gasteiger partial charge in [-0.2, -0.15) is 0 Å². The lowest BCUT2D eigenvalue weighted by molar-refractivity contribution is 0.358. The van der Waals surface area contributed by atoms with Crippen molar-refractivity contribution in [3.05, 3.63) is 11.6 Å². The molecule has 3 nitrogen and oxygen atoms in total. The molecular weight excluding hydrogens is 210 g/mol. The minimum Gasteiger partial charge on any atom is -0.354 e. The fourth-order valence-corrected chi connectivity index (χ4v) is 2.17. The minimum atomic E-state index is 0.620. The highest BCUT2D eigenvalue weighted by Gasteiger charge is 2.13. The summed E-state index contributed by atoms with van der Waals surface area (Å²) >= 11 is 0. The van der Waals surface area contributed by atoms with Crippen LogP contribution in [-0.2, 0) is 0 Å². The molecule has 1 N–H and O–H groups in total. The van der Waals surface area contributed by atoms with Crippen molar-refractivity contribution >= 4 is 5.84 Å². The SMILES string of the molecule is CCC/C(=C\C(=NC)N1CCNCC1)C(C)C. The van der Waals surface area contributed by atoms with Gasteiger partial charge in [0.1, 0.15) is 5.84 Å². The van der Waals surface area contributed by atoms with Crippen LogP contribution >= 0.6 is 0 Å². The molecule has 98 valence electrons. The number of nitrogens with zero attached hydrogens (tertiary/aromatic N) is 2. The normalized spacial score (nSPS) is 19.0. The van der Waals surface area contributed by atoms with Crippen LogP contribution in [0.2, 0.25) is 0 Å². The number of allylic oxidation sites excluding steroid dienone is 1. The van der Waals surface area contributed by atoms with Crippen molar-refractivity contribution in [1.29, 1.82) is 0 Å². The summed E-state index contributed by atoms with van der Waals surface area (Å²) in [6, 6.07) is 0. The van der Waals surface area contributed by atoms with E-state index in [0.29, 0.717) is 5.92 Å². The molecule has 0 bridgehead atoms. The van der Waals surface area contributed by atoms with Gasteiger partial charge in [0, 0.05) is 33.2 Å². The van der Waals surface area contributed by atoms with Crippen molar-refractivity contribution in [1.82, 2.24) is 10.2 Å². The van der Waals surface area contributed by atoms with Crippen molar-refractivity contribution in [2.75, 3.05) is 33.2 Å². The number of hydrogen-bond acceptors (Lipinski definition) is 2. The first-order valence-electron chi connectivity index (χ1n) is 6.82. The molecule has 1 aliphatic heterocycles. The van der Waals surface area contributed by atoms with E-state index < -0.39 is 0 Å². The molecule has 0 saturated carbocycles. The van der Waals surface area contributed by atoms with Gasteiger partial charge in [0.2, 0.25) is 0 Å². The van der Waals surface area contributed by atoms with Gasteiger partial charge in [-0.3, -0.25) is 4.99 Å². The summed E-state index contributed by atoms with van der Waals surface area (Å²) in [5.74, 6) is 1.78. The second kappa shape index (κ2) is 7.49. The number of piperazine rings is 1. The van der Waals surface area contributed by atoms with Crippen molar-refractivity contribution in [3.8, 4) is 0 Å². The van der Waals surface area contributed by atoms with Gasteiger partial charge >= 0.3 is 0 Å². The molecule has 0 aromatic carbocycles. The first kappa shape index (κ1) is 14.2. The lowest BCUT2D eigenvalue weighted by Crippen LogP contribution is -2.46. The van der Waals surface area contributed by atoms with Gasteiger partial charge in [-0.25, -0.2) is 0 Å². The van der Waals surface area contributed by atoms with Crippen LogP contribution in [0.25, 0.3) is 0 Å². The summed E-state index contributed by atoms with van der Waals surface area (Å²) in [6.07, 6.45) is 4.70. The van der Waals surface area contributed by atoms with E-state index in [-0.39, 0.29) is 0 Å². The van der Waals surface area contributed by atoms with Gasteiger partial charge in [0.25, 0.3) is 0 Å². The third-order valence-electron chi connectivity index (χ3n) is 3.26. The topological polar surface area (TPSA) is 27.6 Å². The van der Waals surface area contributed by atoms with E-state index >= 15 is 0 Å². The molecule has 0 radical (unpaired) electrons. The molecule has 0 aromatic rings. The lowest BCUT2D eigenvalue weighted by Gasteiger charge is -2.29. The Morgan fingerprint density at radius 3 is 2.47 bits per heavy atom. The maximum absolute atomic E-state index is 4.45. The summed E-state index contributed by atoms with van der Waals surface area (Å²) < 4.78 is 0. The Morgan fingerprint density at radius 2 is 2.00 bits per heavy atom. The maximum atomic E-state index is 4.45. The van der Waals surface area contributed by atoms with E-state index in [9.17, 15) is 0 Å². The third kappa shape index (κ3) is 4.50. The first-order valence-corrected chi connectivity index (χ1v) is 6.82. The summed E-state index contributed by atoms with van der Waals surface area (Å²) in [4.78, 5) is 6.84. The standard InChI is InChI=1S/C14H27N3/c1-5-6-13(12(2)3)11-14(15-4)17-9-7-16-8-10-17/h11-12,16H,5-10H2,1-4H3/b13-11+,15-14?. The zero-order valence-electron chi connectivity index (χ0n) is 11.8. The van der Waals surface area contributed by atoms with E-state index in [0.717, 1.165) is 32.0 Å². The van der Waals surface area contributed by atoms with Crippen LogP contribution in [0.1, 0.15) is 33.6 Å². The molecule has 3 heteroatoms. The zero-order chi connectivity index (χ0) is 12.7. The average Bonchev–Trinajstić information content (AvgIpc) is 2.35. The Bertz CT molecular complexity index is 273. The van der Waals surface area contributed by atoms with E-state index in [1.54, 1.807) is 0 Å². The second-order valence-corrected chi connectivity index (χ2v) is 4.94. The highest BCUT2D eigenvalue weighted by molar-refractivity contribution is 5.93. The fourth-order valence-electron chi connectivity index (χ4n) is 2.17. The van der Waals surface area contributed by atoms with E-state index in [4.69, 9.17) is 0 Å². The second-order valence-electron chi connectivity index (χ2n) is 4.94. The molecule has 1 aliphatic rings. The first-order chi connectivity index (χ1) is 8.19. The predicted molar refractivity (Wildman–Crippen MR) is 75.6 cm³/mol. The Balaban J connectivity index is 2.74. The minimum absolute atomic E-state index is 0.620. The van der Waals surface area contributed by atoms with Gasteiger partial charge in [-0.05, 0) is 18.4 Å². The van der Waals surface area contributed by atoms with Crippen molar-refractivity contribution in [3.63, 3.8) is 0 Å². The molecule has 0 unspecified atom stereocenters. The van der Waals surface area contributed by atoms with Crippen LogP contribution in [0.3, 0.4) is 0 Å². The molecular formula is C14H27N3. The van der Waals surface area contributed by atoms with Crippen molar-refractivity contribution < 1.29 is 0 Å². The number of hydrogen-bond donors (Lipinski definition) is 1. The van der Waals surface area contributed by atoms with Crippen molar-refractivity contribution in [2.24, 2.45) is 10.9 Å². The average molecular weight is 237 g/mol. The van der Waals surface area contributed by atoms with Crippen molar-refractivity contribution in [2.45, 2.75) is 33.6 Å². The Morgan fingerprint density at radius 1 is 1.35 bits per heavy atom. The number of rotatable bonds is 4. The van der Waals surface area contributed by atoms with Crippen LogP contribution < -0.4 is 5.32 Å². The molecule has 0 aliphatic carbocycles. The smallest absolute Gasteiger partial charge is 0.123 e. The van der Waals surface area contributed by atoms with Gasteiger partial charge in [-0.1, -0.05) is 32.8 Å². The van der Waals surface area contributed by atoms with Gasteiger partial charge in [0.05, 0.1) is 0 Å². The molecule has 0 aromatic heterocycles. The largest absolute Gasteiger partial charge is 0.354 e.